The Morgan fingerprint density at radius 1 is 1.00 bits per heavy atom. The van der Waals surface area contributed by atoms with E-state index in [-0.39, 0.29) is 6.04 Å². The van der Waals surface area contributed by atoms with Crippen molar-refractivity contribution >= 4 is 0 Å². The Morgan fingerprint density at radius 3 is 2.45 bits per heavy atom. The minimum absolute atomic E-state index is 0.223. The van der Waals surface area contributed by atoms with Crippen LogP contribution in [0.1, 0.15) is 29.7 Å². The van der Waals surface area contributed by atoms with Gasteiger partial charge in [-0.05, 0) is 43.1 Å². The lowest BCUT2D eigenvalue weighted by molar-refractivity contribution is 0.266. The topological polar surface area (TPSA) is 21.3 Å². The molecule has 0 heterocycles. The van der Waals surface area contributed by atoms with E-state index in [9.17, 15) is 0 Å². The average molecular weight is 269 g/mol. The summed E-state index contributed by atoms with van der Waals surface area (Å²) >= 11 is 0. The van der Waals surface area contributed by atoms with Crippen LogP contribution in [0.2, 0.25) is 0 Å². The third kappa shape index (κ3) is 3.61. The van der Waals surface area contributed by atoms with E-state index in [2.05, 4.69) is 56.4 Å². The summed E-state index contributed by atoms with van der Waals surface area (Å²) in [7, 11) is 0. The fraction of sp³-hybridized carbons (Fsp3) is 0.333. The summed E-state index contributed by atoms with van der Waals surface area (Å²) in [4.78, 5) is 0. The molecule has 0 fully saturated rings. The molecule has 2 nitrogen and oxygen atoms in total. The molecule has 1 unspecified atom stereocenters. The molecular formula is C18H23NO. The van der Waals surface area contributed by atoms with Gasteiger partial charge in [0.2, 0.25) is 0 Å². The van der Waals surface area contributed by atoms with Crippen LogP contribution in [-0.4, -0.2) is 13.2 Å². The number of benzene rings is 2. The smallest absolute Gasteiger partial charge is 0.122 e. The predicted octanol–water partition coefficient (Wildman–Crippen LogP) is 4.03. The van der Waals surface area contributed by atoms with Gasteiger partial charge >= 0.3 is 0 Å². The first kappa shape index (κ1) is 14.6. The van der Waals surface area contributed by atoms with Crippen LogP contribution in [0.15, 0.2) is 48.5 Å². The molecule has 1 atom stereocenters. The lowest BCUT2D eigenvalue weighted by atomic mass is 10.1. The van der Waals surface area contributed by atoms with E-state index in [4.69, 9.17) is 4.74 Å². The molecule has 0 aliphatic carbocycles. The van der Waals surface area contributed by atoms with E-state index < -0.39 is 0 Å². The number of hydrogen-bond acceptors (Lipinski definition) is 2. The van der Waals surface area contributed by atoms with Gasteiger partial charge in [0.1, 0.15) is 12.4 Å². The van der Waals surface area contributed by atoms with Crippen molar-refractivity contribution in [3.05, 3.63) is 65.2 Å². The number of rotatable bonds is 6. The van der Waals surface area contributed by atoms with Crippen LogP contribution in [0.4, 0.5) is 0 Å². The van der Waals surface area contributed by atoms with Gasteiger partial charge in [0.05, 0.1) is 6.04 Å². The highest BCUT2D eigenvalue weighted by Gasteiger charge is 2.11. The largest absolute Gasteiger partial charge is 0.491 e. The normalized spacial score (nSPS) is 12.2. The number of nitrogens with one attached hydrogen (secondary N) is 1. The van der Waals surface area contributed by atoms with Crippen LogP contribution in [-0.2, 0) is 0 Å². The summed E-state index contributed by atoms with van der Waals surface area (Å²) in [5, 5.41) is 3.48. The Bertz CT molecular complexity index is 536. The van der Waals surface area contributed by atoms with Gasteiger partial charge in [-0.1, -0.05) is 49.4 Å². The molecule has 2 heteroatoms. The van der Waals surface area contributed by atoms with Gasteiger partial charge in [0.15, 0.2) is 0 Å². The first-order valence-electron chi connectivity index (χ1n) is 7.19. The number of hydrogen-bond donors (Lipinski definition) is 1. The van der Waals surface area contributed by atoms with Gasteiger partial charge in [0, 0.05) is 0 Å². The second-order valence-corrected chi connectivity index (χ2v) is 5.03. The fourth-order valence-corrected chi connectivity index (χ4v) is 2.26. The molecule has 2 rings (SSSR count). The van der Waals surface area contributed by atoms with Crippen molar-refractivity contribution in [2.24, 2.45) is 0 Å². The van der Waals surface area contributed by atoms with E-state index >= 15 is 0 Å². The molecule has 0 radical (unpaired) electrons. The number of likely N-dealkylation sites (N-methyl/N-ethyl adjacent to an activating group) is 1. The van der Waals surface area contributed by atoms with Gasteiger partial charge < -0.3 is 10.1 Å². The van der Waals surface area contributed by atoms with Crippen LogP contribution >= 0.6 is 0 Å². The van der Waals surface area contributed by atoms with Crippen molar-refractivity contribution in [1.29, 1.82) is 0 Å². The van der Waals surface area contributed by atoms with Crippen LogP contribution in [0.3, 0.4) is 0 Å². The highest BCUT2D eigenvalue weighted by Crippen LogP contribution is 2.22. The monoisotopic (exact) mass is 269 g/mol. The Balaban J connectivity index is 2.08. The number of aryl methyl sites for hydroxylation is 1. The third-order valence-electron chi connectivity index (χ3n) is 3.61. The maximum absolute atomic E-state index is 6.02. The Kier molecular flexibility index (Phi) is 5.19. The zero-order chi connectivity index (χ0) is 14.4. The number of ether oxygens (including phenoxy) is 1. The van der Waals surface area contributed by atoms with Gasteiger partial charge in [-0.15, -0.1) is 0 Å². The molecule has 2 aromatic rings. The molecule has 106 valence electrons. The Labute approximate surface area is 121 Å². The van der Waals surface area contributed by atoms with Gasteiger partial charge in [-0.25, -0.2) is 0 Å². The quantitative estimate of drug-likeness (QED) is 0.854. The van der Waals surface area contributed by atoms with Crippen molar-refractivity contribution in [3.63, 3.8) is 0 Å². The second-order valence-electron chi connectivity index (χ2n) is 5.03. The zero-order valence-electron chi connectivity index (χ0n) is 12.5. The van der Waals surface area contributed by atoms with Crippen LogP contribution in [0.5, 0.6) is 5.75 Å². The summed E-state index contributed by atoms with van der Waals surface area (Å²) in [6.07, 6.45) is 0. The molecule has 0 saturated heterocycles. The third-order valence-corrected chi connectivity index (χ3v) is 3.61. The Hall–Kier alpha value is -1.80. The summed E-state index contributed by atoms with van der Waals surface area (Å²) in [5.74, 6) is 0.976. The van der Waals surface area contributed by atoms with Crippen molar-refractivity contribution in [3.8, 4) is 5.75 Å². The fourth-order valence-electron chi connectivity index (χ4n) is 2.26. The molecule has 0 spiro atoms. The minimum atomic E-state index is 0.223. The molecule has 0 bridgehead atoms. The molecule has 0 saturated carbocycles. The summed E-state index contributed by atoms with van der Waals surface area (Å²) in [6.45, 7) is 7.91. The molecule has 0 aromatic heterocycles. The highest BCUT2D eigenvalue weighted by atomic mass is 16.5. The molecule has 0 amide bonds. The standard InChI is InChI=1S/C18H23NO/c1-4-19-17(16-10-6-5-7-11-16)13-20-18-12-8-9-14(2)15(18)3/h5-12,17,19H,4,13H2,1-3H3. The lowest BCUT2D eigenvalue weighted by Gasteiger charge is -2.20. The van der Waals surface area contributed by atoms with Crippen LogP contribution < -0.4 is 10.1 Å². The molecule has 2 aromatic carbocycles. The predicted molar refractivity (Wildman–Crippen MR) is 84.3 cm³/mol. The minimum Gasteiger partial charge on any atom is -0.491 e. The maximum Gasteiger partial charge on any atom is 0.122 e. The first-order chi connectivity index (χ1) is 9.72. The van der Waals surface area contributed by atoms with Gasteiger partial charge in [-0.3, -0.25) is 0 Å². The first-order valence-corrected chi connectivity index (χ1v) is 7.19. The van der Waals surface area contributed by atoms with E-state index in [1.807, 2.05) is 18.2 Å². The maximum atomic E-state index is 6.02. The SMILES string of the molecule is CCNC(COc1cccc(C)c1C)c1ccccc1. The summed E-state index contributed by atoms with van der Waals surface area (Å²) in [6, 6.07) is 16.9. The van der Waals surface area contributed by atoms with Crippen LogP contribution in [0.25, 0.3) is 0 Å². The van der Waals surface area contributed by atoms with Crippen molar-refractivity contribution in [2.45, 2.75) is 26.8 Å². The van der Waals surface area contributed by atoms with E-state index in [1.54, 1.807) is 0 Å². The van der Waals surface area contributed by atoms with Crippen molar-refractivity contribution in [1.82, 2.24) is 5.32 Å². The van der Waals surface area contributed by atoms with Crippen molar-refractivity contribution in [2.75, 3.05) is 13.2 Å². The Morgan fingerprint density at radius 2 is 1.75 bits per heavy atom. The molecular weight excluding hydrogens is 246 g/mol. The molecule has 20 heavy (non-hydrogen) atoms. The van der Waals surface area contributed by atoms with Crippen molar-refractivity contribution < 1.29 is 4.74 Å². The van der Waals surface area contributed by atoms with E-state index in [1.165, 1.54) is 16.7 Å². The molecule has 0 aliphatic heterocycles. The second kappa shape index (κ2) is 7.11. The molecule has 0 aliphatic rings. The van der Waals surface area contributed by atoms with E-state index in [0.29, 0.717) is 6.61 Å². The van der Waals surface area contributed by atoms with Gasteiger partial charge in [-0.2, -0.15) is 0 Å². The average Bonchev–Trinajstić information content (AvgIpc) is 2.48. The highest BCUT2D eigenvalue weighted by molar-refractivity contribution is 5.38. The lowest BCUT2D eigenvalue weighted by Crippen LogP contribution is -2.26. The zero-order valence-corrected chi connectivity index (χ0v) is 12.5. The van der Waals surface area contributed by atoms with E-state index in [0.717, 1.165) is 12.3 Å². The molecule has 1 N–H and O–H groups in total. The summed E-state index contributed by atoms with van der Waals surface area (Å²) in [5.41, 5.74) is 3.75. The van der Waals surface area contributed by atoms with Gasteiger partial charge in [0.25, 0.3) is 0 Å². The summed E-state index contributed by atoms with van der Waals surface area (Å²) < 4.78 is 6.02. The van der Waals surface area contributed by atoms with Crippen LogP contribution in [0, 0.1) is 13.8 Å².